The molecule has 1 saturated heterocycles. The first-order chi connectivity index (χ1) is 8.52. The molecule has 1 aromatic rings. The Hall–Kier alpha value is -1.27. The third kappa shape index (κ3) is 2.76. The lowest BCUT2D eigenvalue weighted by Gasteiger charge is -2.26. The standard InChI is InChI=1S/C12H14F3NO2/c1-17-8-2-3-9(10(6-8)12(13,14)15)11-7-18-5-4-16-11/h2-3,6,11,16H,4-5,7H2,1H3/t11-/m0/s1. The maximum Gasteiger partial charge on any atom is 0.416 e. The van der Waals surface area contributed by atoms with E-state index in [9.17, 15) is 13.2 Å². The van der Waals surface area contributed by atoms with Gasteiger partial charge in [0.1, 0.15) is 5.75 Å². The van der Waals surface area contributed by atoms with Crippen LogP contribution in [0.1, 0.15) is 17.2 Å². The molecule has 1 aromatic carbocycles. The van der Waals surface area contributed by atoms with Crippen molar-refractivity contribution in [1.82, 2.24) is 5.32 Å². The second-order valence-electron chi connectivity index (χ2n) is 4.03. The van der Waals surface area contributed by atoms with E-state index < -0.39 is 17.8 Å². The Morgan fingerprint density at radius 3 is 2.72 bits per heavy atom. The third-order valence-corrected chi connectivity index (χ3v) is 2.86. The van der Waals surface area contributed by atoms with Crippen LogP contribution < -0.4 is 10.1 Å². The molecule has 0 spiro atoms. The number of halogens is 3. The zero-order valence-electron chi connectivity index (χ0n) is 9.88. The molecular formula is C12H14F3NO2. The molecule has 0 aromatic heterocycles. The molecule has 1 aliphatic heterocycles. The molecule has 1 heterocycles. The summed E-state index contributed by atoms with van der Waals surface area (Å²) in [6, 6.07) is 3.56. The second-order valence-corrected chi connectivity index (χ2v) is 4.03. The highest BCUT2D eigenvalue weighted by Crippen LogP contribution is 2.37. The molecule has 1 fully saturated rings. The van der Waals surface area contributed by atoms with Gasteiger partial charge < -0.3 is 14.8 Å². The highest BCUT2D eigenvalue weighted by Gasteiger charge is 2.36. The Balaban J connectivity index is 2.38. The molecule has 1 aliphatic rings. The van der Waals surface area contributed by atoms with Gasteiger partial charge in [0.2, 0.25) is 0 Å². The Bertz CT molecular complexity index is 414. The first-order valence-corrected chi connectivity index (χ1v) is 5.58. The van der Waals surface area contributed by atoms with Gasteiger partial charge in [-0.2, -0.15) is 13.2 Å². The van der Waals surface area contributed by atoms with Gasteiger partial charge in [-0.25, -0.2) is 0 Å². The van der Waals surface area contributed by atoms with Crippen LogP contribution in [0.15, 0.2) is 18.2 Å². The lowest BCUT2D eigenvalue weighted by Crippen LogP contribution is -2.35. The van der Waals surface area contributed by atoms with Gasteiger partial charge in [0.25, 0.3) is 0 Å². The van der Waals surface area contributed by atoms with E-state index in [1.165, 1.54) is 19.2 Å². The summed E-state index contributed by atoms with van der Waals surface area (Å²) in [5.41, 5.74) is -0.479. The number of hydrogen-bond acceptors (Lipinski definition) is 3. The molecule has 6 heteroatoms. The van der Waals surface area contributed by atoms with Crippen LogP contribution in [0.25, 0.3) is 0 Å². The monoisotopic (exact) mass is 261 g/mol. The highest BCUT2D eigenvalue weighted by molar-refractivity contribution is 5.39. The van der Waals surface area contributed by atoms with E-state index in [0.717, 1.165) is 6.07 Å². The Morgan fingerprint density at radius 2 is 2.17 bits per heavy atom. The van der Waals surface area contributed by atoms with Gasteiger partial charge in [-0.05, 0) is 17.7 Å². The molecule has 18 heavy (non-hydrogen) atoms. The molecule has 0 aliphatic carbocycles. The number of hydrogen-bond donors (Lipinski definition) is 1. The van der Waals surface area contributed by atoms with Crippen LogP contribution in [-0.4, -0.2) is 26.9 Å². The van der Waals surface area contributed by atoms with Crippen LogP contribution in [0.4, 0.5) is 13.2 Å². The van der Waals surface area contributed by atoms with E-state index in [2.05, 4.69) is 5.32 Å². The number of nitrogens with one attached hydrogen (secondary N) is 1. The van der Waals surface area contributed by atoms with Gasteiger partial charge >= 0.3 is 6.18 Å². The number of ether oxygens (including phenoxy) is 2. The molecule has 1 atom stereocenters. The average molecular weight is 261 g/mol. The van der Waals surface area contributed by atoms with E-state index in [1.807, 2.05) is 0 Å². The Morgan fingerprint density at radius 1 is 1.39 bits per heavy atom. The van der Waals surface area contributed by atoms with Crippen LogP contribution in [0.3, 0.4) is 0 Å². The van der Waals surface area contributed by atoms with E-state index >= 15 is 0 Å². The number of alkyl halides is 3. The van der Waals surface area contributed by atoms with Crippen molar-refractivity contribution < 1.29 is 22.6 Å². The lowest BCUT2D eigenvalue weighted by atomic mass is 9.99. The first kappa shape index (κ1) is 13.2. The van der Waals surface area contributed by atoms with Crippen LogP contribution >= 0.6 is 0 Å². The number of methoxy groups -OCH3 is 1. The molecule has 0 saturated carbocycles. The van der Waals surface area contributed by atoms with Crippen molar-refractivity contribution in [2.75, 3.05) is 26.9 Å². The fourth-order valence-corrected chi connectivity index (χ4v) is 1.98. The molecule has 100 valence electrons. The maximum absolute atomic E-state index is 13.0. The zero-order valence-corrected chi connectivity index (χ0v) is 9.88. The van der Waals surface area contributed by atoms with Crippen molar-refractivity contribution in [3.8, 4) is 5.75 Å². The molecule has 0 unspecified atom stereocenters. The minimum absolute atomic E-state index is 0.197. The first-order valence-electron chi connectivity index (χ1n) is 5.58. The van der Waals surface area contributed by atoms with Crippen molar-refractivity contribution in [1.29, 1.82) is 0 Å². The van der Waals surface area contributed by atoms with E-state index in [1.54, 1.807) is 0 Å². The van der Waals surface area contributed by atoms with Crippen LogP contribution in [0.2, 0.25) is 0 Å². The summed E-state index contributed by atoms with van der Waals surface area (Å²) < 4.78 is 49.0. The summed E-state index contributed by atoms with van der Waals surface area (Å²) in [4.78, 5) is 0. The second kappa shape index (κ2) is 5.16. The van der Waals surface area contributed by atoms with Crippen molar-refractivity contribution in [3.05, 3.63) is 29.3 Å². The molecule has 3 nitrogen and oxygen atoms in total. The van der Waals surface area contributed by atoms with Gasteiger partial charge in [-0.3, -0.25) is 0 Å². The predicted molar refractivity (Wildman–Crippen MR) is 59.6 cm³/mol. The maximum atomic E-state index is 13.0. The van der Waals surface area contributed by atoms with Gasteiger partial charge in [-0.15, -0.1) is 0 Å². The molecule has 0 amide bonds. The Kier molecular flexibility index (Phi) is 3.77. The third-order valence-electron chi connectivity index (χ3n) is 2.86. The largest absolute Gasteiger partial charge is 0.497 e. The Labute approximate surface area is 103 Å². The fraction of sp³-hybridized carbons (Fsp3) is 0.500. The summed E-state index contributed by atoms with van der Waals surface area (Å²) in [5, 5.41) is 3.02. The molecule has 1 N–H and O–H groups in total. The lowest BCUT2D eigenvalue weighted by molar-refractivity contribution is -0.138. The van der Waals surface area contributed by atoms with Crippen LogP contribution in [-0.2, 0) is 10.9 Å². The van der Waals surface area contributed by atoms with Gasteiger partial charge in [-0.1, -0.05) is 6.07 Å². The van der Waals surface area contributed by atoms with Crippen molar-refractivity contribution >= 4 is 0 Å². The number of benzene rings is 1. The fourth-order valence-electron chi connectivity index (χ4n) is 1.98. The van der Waals surface area contributed by atoms with E-state index in [-0.39, 0.29) is 17.9 Å². The minimum atomic E-state index is -4.40. The van der Waals surface area contributed by atoms with Crippen LogP contribution in [0.5, 0.6) is 5.75 Å². The summed E-state index contributed by atoms with van der Waals surface area (Å²) in [5.74, 6) is 0.197. The van der Waals surface area contributed by atoms with Gasteiger partial charge in [0.05, 0.1) is 31.9 Å². The smallest absolute Gasteiger partial charge is 0.416 e. The summed E-state index contributed by atoms with van der Waals surface area (Å²) in [7, 11) is 1.34. The SMILES string of the molecule is COc1ccc([C@@H]2COCCN2)c(C(F)(F)F)c1. The topological polar surface area (TPSA) is 30.5 Å². The summed E-state index contributed by atoms with van der Waals surface area (Å²) >= 11 is 0. The normalized spacial score (nSPS) is 20.8. The van der Waals surface area contributed by atoms with E-state index in [4.69, 9.17) is 9.47 Å². The van der Waals surface area contributed by atoms with Crippen molar-refractivity contribution in [2.24, 2.45) is 0 Å². The zero-order chi connectivity index (χ0) is 13.2. The molecule has 0 bridgehead atoms. The number of morpholine rings is 1. The summed E-state index contributed by atoms with van der Waals surface area (Å²) in [6.45, 7) is 1.32. The molecular weight excluding hydrogens is 247 g/mol. The number of rotatable bonds is 2. The quantitative estimate of drug-likeness (QED) is 0.886. The van der Waals surface area contributed by atoms with E-state index in [0.29, 0.717) is 13.2 Å². The van der Waals surface area contributed by atoms with Crippen LogP contribution in [0, 0.1) is 0 Å². The highest BCUT2D eigenvalue weighted by atomic mass is 19.4. The average Bonchev–Trinajstić information content (AvgIpc) is 2.38. The van der Waals surface area contributed by atoms with Gasteiger partial charge in [0.15, 0.2) is 0 Å². The van der Waals surface area contributed by atoms with Crippen molar-refractivity contribution in [2.45, 2.75) is 12.2 Å². The molecule has 2 rings (SSSR count). The molecule has 0 radical (unpaired) electrons. The van der Waals surface area contributed by atoms with Gasteiger partial charge in [0, 0.05) is 6.54 Å². The predicted octanol–water partition coefficient (Wildman–Crippen LogP) is 2.37. The van der Waals surface area contributed by atoms with Crippen molar-refractivity contribution in [3.63, 3.8) is 0 Å². The summed E-state index contributed by atoms with van der Waals surface area (Å²) in [6.07, 6.45) is -4.40. The minimum Gasteiger partial charge on any atom is -0.497 e.